The van der Waals surface area contributed by atoms with Gasteiger partial charge in [-0.05, 0) is 42.0 Å². The molecule has 1 saturated heterocycles. The van der Waals surface area contributed by atoms with Gasteiger partial charge in [-0.25, -0.2) is 4.98 Å². The zero-order valence-corrected chi connectivity index (χ0v) is 21.1. The van der Waals surface area contributed by atoms with E-state index in [0.29, 0.717) is 31.6 Å². The quantitative estimate of drug-likeness (QED) is 0.386. The Kier molecular flexibility index (Phi) is 5.88. The number of rotatable bonds is 4. The highest BCUT2D eigenvalue weighted by molar-refractivity contribution is 7.88. The Morgan fingerprint density at radius 3 is 2.62 bits per heavy atom. The van der Waals surface area contributed by atoms with Gasteiger partial charge in [0.25, 0.3) is 0 Å². The van der Waals surface area contributed by atoms with Crippen molar-refractivity contribution in [1.82, 2.24) is 19.3 Å². The fraction of sp³-hybridized carbons (Fsp3) is 0.250. The summed E-state index contributed by atoms with van der Waals surface area (Å²) in [4.78, 5) is 29.4. The van der Waals surface area contributed by atoms with E-state index in [9.17, 15) is 14.6 Å². The third-order valence-electron chi connectivity index (χ3n) is 7.55. The first kappa shape index (κ1) is 23.6. The molecular formula is C28H24N6O2S. The molecule has 1 aromatic carbocycles. The predicted molar refractivity (Wildman–Crippen MR) is 142 cm³/mol. The molecule has 184 valence electrons. The number of anilines is 1. The lowest BCUT2D eigenvalue weighted by Crippen LogP contribution is -2.49. The maximum Gasteiger partial charge on any atom is 0.238 e. The number of piperidine rings is 1. The number of carbonyl (C=O) groups is 1. The van der Waals surface area contributed by atoms with Gasteiger partial charge in [0.1, 0.15) is 18.0 Å². The fourth-order valence-electron chi connectivity index (χ4n) is 5.66. The first-order valence-corrected chi connectivity index (χ1v) is 13.6. The highest BCUT2D eigenvalue weighted by Gasteiger charge is 2.53. The molecule has 3 aromatic heterocycles. The minimum Gasteiger partial charge on any atom is -0.598 e. The number of aromatic nitrogens is 3. The lowest BCUT2D eigenvalue weighted by molar-refractivity contribution is -0.124. The maximum absolute atomic E-state index is 14.1. The van der Waals surface area contributed by atoms with E-state index in [0.717, 1.165) is 38.8 Å². The van der Waals surface area contributed by atoms with Gasteiger partial charge in [-0.3, -0.25) is 14.8 Å². The second-order valence-electron chi connectivity index (χ2n) is 9.43. The summed E-state index contributed by atoms with van der Waals surface area (Å²) in [5.41, 5.74) is 3.96. The molecule has 2 aliphatic heterocycles. The first-order chi connectivity index (χ1) is 18.0. The van der Waals surface area contributed by atoms with Crippen molar-refractivity contribution in [2.75, 3.05) is 24.2 Å². The number of nitrogens with zero attached hydrogens (tertiary/aromatic N) is 6. The van der Waals surface area contributed by atoms with Gasteiger partial charge < -0.3 is 9.45 Å². The Bertz CT molecular complexity index is 1540. The molecule has 5 heterocycles. The highest BCUT2D eigenvalue weighted by Crippen LogP contribution is 2.48. The summed E-state index contributed by atoms with van der Waals surface area (Å²) >= 11 is -1.06. The SMILES string of the molecule is C[S+]([O-])N1CCC2(CC1)C(=O)N(Cc1ncc3ccccc3c1-c1ccc(C#N)nc1)c1cnccc12. The van der Waals surface area contributed by atoms with Crippen LogP contribution in [0.25, 0.3) is 21.9 Å². The van der Waals surface area contributed by atoms with E-state index in [-0.39, 0.29) is 12.5 Å². The molecule has 2 aliphatic rings. The van der Waals surface area contributed by atoms with Crippen molar-refractivity contribution in [2.45, 2.75) is 24.8 Å². The van der Waals surface area contributed by atoms with Crippen LogP contribution in [0.2, 0.25) is 0 Å². The standard InChI is InChI=1S/C28H24N6O2S/c1-37(36)33-12-9-28(10-13-33)23-8-11-30-17-25(23)34(27(28)35)18-24-26(20-6-7-21(14-29)31-16-20)22-5-3-2-4-19(22)15-32-24/h2-8,11,15-17H,9-10,12-13,18H2,1H3. The topological polar surface area (TPSA) is 109 Å². The molecule has 1 spiro atoms. The second kappa shape index (κ2) is 9.23. The van der Waals surface area contributed by atoms with Crippen LogP contribution in [-0.2, 0) is 28.1 Å². The van der Waals surface area contributed by atoms with Crippen LogP contribution in [0.4, 0.5) is 5.69 Å². The molecule has 1 fully saturated rings. The number of nitriles is 1. The Hall–Kier alpha value is -3.84. The molecular weight excluding hydrogens is 484 g/mol. The van der Waals surface area contributed by atoms with Crippen LogP contribution in [-0.4, -0.2) is 49.1 Å². The van der Waals surface area contributed by atoms with E-state index in [4.69, 9.17) is 4.98 Å². The normalized spacial score (nSPS) is 17.6. The maximum atomic E-state index is 14.1. The minimum atomic E-state index is -1.06. The van der Waals surface area contributed by atoms with Crippen molar-refractivity contribution in [1.29, 1.82) is 5.26 Å². The highest BCUT2D eigenvalue weighted by atomic mass is 32.2. The molecule has 0 saturated carbocycles. The van der Waals surface area contributed by atoms with Crippen molar-refractivity contribution in [2.24, 2.45) is 0 Å². The number of hydrogen-bond acceptors (Lipinski definition) is 7. The molecule has 8 nitrogen and oxygen atoms in total. The smallest absolute Gasteiger partial charge is 0.238 e. The molecule has 6 rings (SSSR count). The van der Waals surface area contributed by atoms with E-state index in [1.165, 1.54) is 0 Å². The molecule has 9 heteroatoms. The van der Waals surface area contributed by atoms with Crippen LogP contribution in [0.15, 0.2) is 67.3 Å². The number of benzene rings is 1. The molecule has 1 unspecified atom stereocenters. The average Bonchev–Trinajstić information content (AvgIpc) is 3.16. The molecule has 37 heavy (non-hydrogen) atoms. The van der Waals surface area contributed by atoms with Crippen LogP contribution in [0, 0.1) is 11.3 Å². The van der Waals surface area contributed by atoms with Crippen LogP contribution >= 0.6 is 0 Å². The van der Waals surface area contributed by atoms with Crippen LogP contribution < -0.4 is 4.90 Å². The minimum absolute atomic E-state index is 0.0379. The largest absolute Gasteiger partial charge is 0.598 e. The second-order valence-corrected chi connectivity index (χ2v) is 10.8. The van der Waals surface area contributed by atoms with Gasteiger partial charge >= 0.3 is 0 Å². The molecule has 0 bridgehead atoms. The van der Waals surface area contributed by atoms with Gasteiger partial charge in [0.05, 0.1) is 29.5 Å². The summed E-state index contributed by atoms with van der Waals surface area (Å²) in [6.07, 6.45) is 9.92. The van der Waals surface area contributed by atoms with Crippen LogP contribution in [0.1, 0.15) is 29.8 Å². The average molecular weight is 509 g/mol. The lowest BCUT2D eigenvalue weighted by Gasteiger charge is -2.37. The third-order valence-corrected chi connectivity index (χ3v) is 8.65. The summed E-state index contributed by atoms with van der Waals surface area (Å²) < 4.78 is 14.0. The van der Waals surface area contributed by atoms with Gasteiger partial charge in [-0.2, -0.15) is 5.26 Å². The fourth-order valence-corrected chi connectivity index (χ4v) is 6.36. The van der Waals surface area contributed by atoms with Crippen molar-refractivity contribution in [3.63, 3.8) is 0 Å². The Morgan fingerprint density at radius 2 is 1.89 bits per heavy atom. The van der Waals surface area contributed by atoms with Crippen LogP contribution in [0.3, 0.4) is 0 Å². The number of carbonyl (C=O) groups excluding carboxylic acids is 1. The summed E-state index contributed by atoms with van der Waals surface area (Å²) in [6.45, 7) is 1.48. The number of amides is 1. The molecule has 1 amide bonds. The first-order valence-electron chi connectivity index (χ1n) is 12.1. The van der Waals surface area contributed by atoms with Gasteiger partial charge in [0.2, 0.25) is 5.91 Å². The molecule has 4 aromatic rings. The van der Waals surface area contributed by atoms with Gasteiger partial charge in [-0.1, -0.05) is 24.3 Å². The van der Waals surface area contributed by atoms with Gasteiger partial charge in [0.15, 0.2) is 0 Å². The molecule has 0 aliphatic carbocycles. The Labute approximate surface area is 217 Å². The summed E-state index contributed by atoms with van der Waals surface area (Å²) in [7, 11) is 0. The monoisotopic (exact) mass is 508 g/mol. The van der Waals surface area contributed by atoms with Gasteiger partial charge in [0, 0.05) is 59.6 Å². The third kappa shape index (κ3) is 3.85. The number of hydrogen-bond donors (Lipinski definition) is 0. The molecule has 0 radical (unpaired) electrons. The van der Waals surface area contributed by atoms with Crippen molar-refractivity contribution >= 4 is 33.7 Å². The van der Waals surface area contributed by atoms with E-state index in [2.05, 4.69) is 16.0 Å². The van der Waals surface area contributed by atoms with E-state index in [1.54, 1.807) is 35.8 Å². The summed E-state index contributed by atoms with van der Waals surface area (Å²) in [6, 6.07) is 15.6. The van der Waals surface area contributed by atoms with Crippen molar-refractivity contribution < 1.29 is 9.35 Å². The van der Waals surface area contributed by atoms with Crippen LogP contribution in [0.5, 0.6) is 0 Å². The zero-order valence-electron chi connectivity index (χ0n) is 20.3. The predicted octanol–water partition coefficient (Wildman–Crippen LogP) is 3.74. The lowest BCUT2D eigenvalue weighted by atomic mass is 9.74. The van der Waals surface area contributed by atoms with E-state index < -0.39 is 16.8 Å². The zero-order chi connectivity index (χ0) is 25.6. The summed E-state index contributed by atoms with van der Waals surface area (Å²) in [5.74, 6) is 0.0379. The van der Waals surface area contributed by atoms with E-state index >= 15 is 0 Å². The summed E-state index contributed by atoms with van der Waals surface area (Å²) in [5, 5.41) is 11.2. The number of pyridine rings is 3. The van der Waals surface area contributed by atoms with Crippen molar-refractivity contribution in [3.8, 4) is 17.2 Å². The van der Waals surface area contributed by atoms with Crippen molar-refractivity contribution in [3.05, 3.63) is 84.2 Å². The Balaban J connectivity index is 1.44. The van der Waals surface area contributed by atoms with Gasteiger partial charge in [-0.15, -0.1) is 4.31 Å². The number of fused-ring (bicyclic) bond motifs is 3. The Morgan fingerprint density at radius 1 is 1.08 bits per heavy atom. The molecule has 0 N–H and O–H groups in total. The molecule has 1 atom stereocenters. The van der Waals surface area contributed by atoms with E-state index in [1.807, 2.05) is 46.9 Å².